The summed E-state index contributed by atoms with van der Waals surface area (Å²) in [6, 6.07) is 25.6. The maximum atomic E-state index is 5.63. The number of methoxy groups -OCH3 is 2. The monoisotopic (exact) mass is 506 g/mol. The van der Waals surface area contributed by atoms with Crippen LogP contribution in [0.15, 0.2) is 100 Å². The number of ether oxygens (including phenoxy) is 2. The molecule has 0 bridgehead atoms. The van der Waals surface area contributed by atoms with Crippen molar-refractivity contribution in [2.75, 3.05) is 14.2 Å². The summed E-state index contributed by atoms with van der Waals surface area (Å²) in [5.41, 5.74) is 9.84. The Bertz CT molecular complexity index is 1470. The van der Waals surface area contributed by atoms with E-state index in [1.807, 2.05) is 18.2 Å². The van der Waals surface area contributed by atoms with Crippen LogP contribution in [0.5, 0.6) is 11.5 Å². The zero-order chi connectivity index (χ0) is 25.4. The lowest BCUT2D eigenvalue weighted by atomic mass is 9.82. The minimum atomic E-state index is 0.0640. The lowest BCUT2D eigenvalue weighted by molar-refractivity contribution is 0.410. The fraction of sp³-hybridized carbons (Fsp3) is 0.219. The van der Waals surface area contributed by atoms with E-state index in [4.69, 9.17) is 14.5 Å². The number of aryl methyl sites for hydroxylation is 1. The Hall–Kier alpha value is -3.70. The smallest absolute Gasteiger partial charge is 0.174 e. The van der Waals surface area contributed by atoms with Gasteiger partial charge in [0.15, 0.2) is 5.17 Å². The van der Waals surface area contributed by atoms with Crippen molar-refractivity contribution in [3.05, 3.63) is 117 Å². The Labute approximate surface area is 223 Å². The average molecular weight is 507 g/mol. The number of amidine groups is 1. The van der Waals surface area contributed by atoms with Crippen molar-refractivity contribution in [2.45, 2.75) is 32.2 Å². The van der Waals surface area contributed by atoms with Gasteiger partial charge in [0.1, 0.15) is 11.5 Å². The fourth-order valence-corrected chi connectivity index (χ4v) is 6.32. The van der Waals surface area contributed by atoms with Crippen molar-refractivity contribution in [2.24, 2.45) is 4.99 Å². The molecule has 5 heteroatoms. The third kappa shape index (κ3) is 4.49. The molecule has 0 saturated heterocycles. The third-order valence-corrected chi connectivity index (χ3v) is 8.07. The molecule has 37 heavy (non-hydrogen) atoms. The first-order chi connectivity index (χ1) is 18.1. The second-order valence-electron chi connectivity index (χ2n) is 9.60. The minimum absolute atomic E-state index is 0.0640. The van der Waals surface area contributed by atoms with Crippen LogP contribution in [-0.4, -0.2) is 24.3 Å². The number of nitrogens with zero attached hydrogens (tertiary/aromatic N) is 2. The highest BCUT2D eigenvalue weighted by Crippen LogP contribution is 2.51. The Kier molecular flexibility index (Phi) is 6.39. The average Bonchev–Trinajstić information content (AvgIpc) is 3.36. The van der Waals surface area contributed by atoms with Crippen LogP contribution in [0.2, 0.25) is 0 Å². The van der Waals surface area contributed by atoms with E-state index in [0.717, 1.165) is 47.2 Å². The largest absolute Gasteiger partial charge is 0.497 e. The van der Waals surface area contributed by atoms with E-state index in [9.17, 15) is 0 Å². The molecule has 0 radical (unpaired) electrons. The first-order valence-electron chi connectivity index (χ1n) is 12.7. The van der Waals surface area contributed by atoms with Crippen molar-refractivity contribution in [1.29, 1.82) is 0 Å². The first-order valence-corrected chi connectivity index (χ1v) is 13.6. The van der Waals surface area contributed by atoms with Crippen LogP contribution in [0.25, 0.3) is 11.8 Å². The van der Waals surface area contributed by atoms with Gasteiger partial charge >= 0.3 is 0 Å². The van der Waals surface area contributed by atoms with Gasteiger partial charge in [-0.1, -0.05) is 65.9 Å². The van der Waals surface area contributed by atoms with Gasteiger partial charge in [-0.2, -0.15) is 0 Å². The summed E-state index contributed by atoms with van der Waals surface area (Å²) < 4.78 is 11.1. The molecule has 0 N–H and O–H groups in total. The Morgan fingerprint density at radius 1 is 0.919 bits per heavy atom. The minimum Gasteiger partial charge on any atom is -0.497 e. The van der Waals surface area contributed by atoms with Gasteiger partial charge in [-0.25, -0.2) is 4.99 Å². The van der Waals surface area contributed by atoms with Crippen LogP contribution in [0, 0.1) is 6.92 Å². The Morgan fingerprint density at radius 3 is 2.46 bits per heavy atom. The van der Waals surface area contributed by atoms with Gasteiger partial charge in [0.2, 0.25) is 0 Å². The molecule has 0 amide bonds. The highest BCUT2D eigenvalue weighted by molar-refractivity contribution is 8.16. The molecule has 1 unspecified atom stereocenters. The lowest BCUT2D eigenvalue weighted by Crippen LogP contribution is -2.34. The fourth-order valence-electron chi connectivity index (χ4n) is 5.39. The van der Waals surface area contributed by atoms with Gasteiger partial charge in [0.25, 0.3) is 0 Å². The first kappa shape index (κ1) is 23.7. The number of allylic oxidation sites excluding steroid dienone is 1. The molecule has 0 spiro atoms. The molecule has 1 aliphatic carbocycles. The molecular formula is C32H30N2O2S. The maximum Gasteiger partial charge on any atom is 0.174 e. The van der Waals surface area contributed by atoms with Gasteiger partial charge in [-0.15, -0.1) is 0 Å². The lowest BCUT2D eigenvalue weighted by Gasteiger charge is -2.40. The van der Waals surface area contributed by atoms with Crippen molar-refractivity contribution < 1.29 is 9.47 Å². The topological polar surface area (TPSA) is 34.1 Å². The molecular weight excluding hydrogens is 476 g/mol. The predicted octanol–water partition coefficient (Wildman–Crippen LogP) is 7.99. The highest BCUT2D eigenvalue weighted by Gasteiger charge is 2.40. The molecule has 1 atom stereocenters. The third-order valence-electron chi connectivity index (χ3n) is 7.23. The number of fused-ring (bicyclic) bond motifs is 1. The van der Waals surface area contributed by atoms with Gasteiger partial charge < -0.3 is 14.4 Å². The van der Waals surface area contributed by atoms with Crippen molar-refractivity contribution >= 4 is 28.7 Å². The summed E-state index contributed by atoms with van der Waals surface area (Å²) >= 11 is 1.71. The van der Waals surface area contributed by atoms with Crippen molar-refractivity contribution in [3.8, 4) is 11.5 Å². The molecule has 0 fully saturated rings. The van der Waals surface area contributed by atoms with Crippen LogP contribution < -0.4 is 9.47 Å². The number of rotatable bonds is 5. The number of hydrogen-bond acceptors (Lipinski definition) is 5. The molecule has 2 heterocycles. The van der Waals surface area contributed by atoms with E-state index in [-0.39, 0.29) is 6.04 Å². The summed E-state index contributed by atoms with van der Waals surface area (Å²) in [5, 5.41) is 3.28. The van der Waals surface area contributed by atoms with E-state index in [0.29, 0.717) is 0 Å². The molecule has 0 saturated carbocycles. The summed E-state index contributed by atoms with van der Waals surface area (Å²) in [6.07, 6.45) is 5.42. The molecule has 3 aromatic carbocycles. The zero-order valence-electron chi connectivity index (χ0n) is 21.4. The van der Waals surface area contributed by atoms with E-state index in [1.54, 1.807) is 26.0 Å². The van der Waals surface area contributed by atoms with E-state index >= 15 is 0 Å². The summed E-state index contributed by atoms with van der Waals surface area (Å²) in [5.74, 6) is 1.74. The predicted molar refractivity (Wildman–Crippen MR) is 154 cm³/mol. The SMILES string of the molecule is COc1cccc(C=C2CCCC3=C2N=C2SC=C(c4ccc(C)cc4)N2C3c2cccc(OC)c2)c1. The van der Waals surface area contributed by atoms with Crippen LogP contribution in [0.3, 0.4) is 0 Å². The normalized spacial score (nSPS) is 19.8. The summed E-state index contributed by atoms with van der Waals surface area (Å²) in [4.78, 5) is 7.73. The second-order valence-corrected chi connectivity index (χ2v) is 10.4. The van der Waals surface area contributed by atoms with Crippen LogP contribution in [0.4, 0.5) is 0 Å². The van der Waals surface area contributed by atoms with E-state index < -0.39 is 0 Å². The Morgan fingerprint density at radius 2 is 1.68 bits per heavy atom. The van der Waals surface area contributed by atoms with Crippen molar-refractivity contribution in [3.63, 3.8) is 0 Å². The number of aliphatic imine (C=N–C) groups is 1. The molecule has 4 nitrogen and oxygen atoms in total. The van der Waals surface area contributed by atoms with Crippen LogP contribution >= 0.6 is 11.8 Å². The quantitative estimate of drug-likeness (QED) is 0.351. The molecule has 0 aromatic heterocycles. The molecule has 3 aliphatic rings. The molecule has 2 aliphatic heterocycles. The summed E-state index contributed by atoms with van der Waals surface area (Å²) in [6.45, 7) is 2.13. The van der Waals surface area contributed by atoms with Gasteiger partial charge in [-0.3, -0.25) is 0 Å². The van der Waals surface area contributed by atoms with E-state index in [1.165, 1.54) is 33.5 Å². The number of benzene rings is 3. The standard InChI is InChI=1S/C32H30N2O2S/c1-21-13-15-23(16-14-21)29-20-37-32-33-30-24(17-22-7-4-10-26(18-22)35-2)8-6-12-28(30)31(34(29)32)25-9-5-11-27(19-25)36-3/h4-5,7,9-11,13-20,31H,6,8,12H2,1-3H3. The maximum absolute atomic E-state index is 5.63. The highest BCUT2D eigenvalue weighted by atomic mass is 32.2. The van der Waals surface area contributed by atoms with Gasteiger partial charge in [0, 0.05) is 5.41 Å². The molecule has 6 rings (SSSR count). The Balaban J connectivity index is 1.49. The van der Waals surface area contributed by atoms with Crippen LogP contribution in [0.1, 0.15) is 47.6 Å². The van der Waals surface area contributed by atoms with Crippen molar-refractivity contribution in [1.82, 2.24) is 4.90 Å². The number of hydrogen-bond donors (Lipinski definition) is 0. The number of thioether (sulfide) groups is 1. The summed E-state index contributed by atoms with van der Waals surface area (Å²) in [7, 11) is 3.44. The second kappa shape index (κ2) is 9.98. The zero-order valence-corrected chi connectivity index (χ0v) is 22.2. The van der Waals surface area contributed by atoms with Gasteiger partial charge in [0.05, 0.1) is 31.7 Å². The van der Waals surface area contributed by atoms with Crippen LogP contribution in [-0.2, 0) is 0 Å². The van der Waals surface area contributed by atoms with Gasteiger partial charge in [-0.05, 0) is 84.4 Å². The van der Waals surface area contributed by atoms with E-state index in [2.05, 4.69) is 77.9 Å². The molecule has 186 valence electrons. The molecule has 3 aromatic rings.